The topological polar surface area (TPSA) is 29.5 Å². The first-order valence-electron chi connectivity index (χ1n) is 4.09. The van der Waals surface area contributed by atoms with E-state index in [1.165, 1.54) is 0 Å². The third-order valence-corrected chi connectivity index (χ3v) is 1.72. The van der Waals surface area contributed by atoms with Gasteiger partial charge in [0.1, 0.15) is 6.61 Å². The summed E-state index contributed by atoms with van der Waals surface area (Å²) in [5.74, 6) is -2.28. The van der Waals surface area contributed by atoms with E-state index in [9.17, 15) is 8.78 Å². The van der Waals surface area contributed by atoms with E-state index in [4.69, 9.17) is 21.4 Å². The maximum Gasteiger partial charge on any atom is 0.191 e. The number of rotatable bonds is 4. The smallest absolute Gasteiger partial charge is 0.191 e. The summed E-state index contributed by atoms with van der Waals surface area (Å²) >= 11 is 5.39. The first kappa shape index (κ1) is 11.9. The number of aliphatic hydroxyl groups is 1. The molecule has 0 saturated carbocycles. The van der Waals surface area contributed by atoms with E-state index in [2.05, 4.69) is 6.58 Å². The molecule has 0 saturated heterocycles. The molecule has 5 heteroatoms. The maximum atomic E-state index is 13.2. The lowest BCUT2D eigenvalue weighted by molar-refractivity contribution is 0.277. The largest absolute Gasteiger partial charge is 0.482 e. The predicted molar refractivity (Wildman–Crippen MR) is 52.8 cm³/mol. The van der Waals surface area contributed by atoms with Gasteiger partial charge >= 0.3 is 0 Å². The number of aliphatic hydroxyl groups excluding tert-OH is 1. The second-order valence-corrected chi connectivity index (χ2v) is 3.39. The summed E-state index contributed by atoms with van der Waals surface area (Å²) in [6.07, 6.45) is 0. The molecule has 1 N–H and O–H groups in total. The first-order valence-corrected chi connectivity index (χ1v) is 4.47. The fraction of sp³-hybridized carbons (Fsp3) is 0.200. The Labute approximate surface area is 90.7 Å². The van der Waals surface area contributed by atoms with Crippen molar-refractivity contribution in [2.24, 2.45) is 0 Å². The minimum atomic E-state index is -0.878. The van der Waals surface area contributed by atoms with E-state index in [1.807, 2.05) is 0 Å². The van der Waals surface area contributed by atoms with Crippen LogP contribution in [0.25, 0.3) is 0 Å². The first-order chi connectivity index (χ1) is 7.04. The van der Waals surface area contributed by atoms with Crippen LogP contribution in [0, 0.1) is 11.6 Å². The van der Waals surface area contributed by atoms with E-state index in [1.54, 1.807) is 0 Å². The normalized spacial score (nSPS) is 10.1. The van der Waals surface area contributed by atoms with Crippen LogP contribution in [0.2, 0.25) is 0 Å². The molecule has 0 aliphatic carbocycles. The van der Waals surface area contributed by atoms with Gasteiger partial charge in [-0.2, -0.15) is 0 Å². The van der Waals surface area contributed by atoms with Crippen LogP contribution in [-0.4, -0.2) is 11.7 Å². The molecule has 15 heavy (non-hydrogen) atoms. The molecule has 0 radical (unpaired) electrons. The minimum absolute atomic E-state index is 0.139. The van der Waals surface area contributed by atoms with Crippen LogP contribution < -0.4 is 4.74 Å². The van der Waals surface area contributed by atoms with Gasteiger partial charge in [-0.1, -0.05) is 18.2 Å². The van der Waals surface area contributed by atoms with Crippen molar-refractivity contribution in [1.82, 2.24) is 0 Å². The SMILES string of the molecule is C=C(Cl)COc1c(F)cc(CO)cc1F. The number of hydrogen-bond donors (Lipinski definition) is 1. The summed E-state index contributed by atoms with van der Waals surface area (Å²) in [6.45, 7) is 2.71. The molecule has 1 rings (SSSR count). The third kappa shape index (κ3) is 3.18. The van der Waals surface area contributed by atoms with Crippen molar-refractivity contribution in [1.29, 1.82) is 0 Å². The molecule has 0 aliphatic rings. The van der Waals surface area contributed by atoms with Crippen molar-refractivity contribution in [2.75, 3.05) is 6.61 Å². The molecule has 0 spiro atoms. The van der Waals surface area contributed by atoms with Gasteiger partial charge in [0.25, 0.3) is 0 Å². The molecule has 0 amide bonds. The van der Waals surface area contributed by atoms with Crippen LogP contribution in [0.5, 0.6) is 5.75 Å². The number of halogens is 3. The van der Waals surface area contributed by atoms with E-state index < -0.39 is 24.0 Å². The third-order valence-electron chi connectivity index (χ3n) is 1.61. The summed E-state index contributed by atoms with van der Waals surface area (Å²) < 4.78 is 31.2. The lowest BCUT2D eigenvalue weighted by atomic mass is 10.2. The zero-order chi connectivity index (χ0) is 11.4. The summed E-state index contributed by atoms with van der Waals surface area (Å²) in [6, 6.07) is 1.99. The summed E-state index contributed by atoms with van der Waals surface area (Å²) in [7, 11) is 0. The zero-order valence-corrected chi connectivity index (χ0v) is 8.52. The highest BCUT2D eigenvalue weighted by atomic mass is 35.5. The molecule has 1 aromatic rings. The molecule has 0 heterocycles. The lowest BCUT2D eigenvalue weighted by Gasteiger charge is -2.08. The Kier molecular flexibility index (Phi) is 4.05. The van der Waals surface area contributed by atoms with Crippen LogP contribution >= 0.6 is 11.6 Å². The Morgan fingerprint density at radius 3 is 2.33 bits per heavy atom. The van der Waals surface area contributed by atoms with Gasteiger partial charge in [0.05, 0.1) is 6.61 Å². The fourth-order valence-electron chi connectivity index (χ4n) is 0.992. The van der Waals surface area contributed by atoms with Crippen molar-refractivity contribution >= 4 is 11.6 Å². The molecular weight excluding hydrogens is 226 g/mol. The molecule has 2 nitrogen and oxygen atoms in total. The fourth-order valence-corrected chi connectivity index (χ4v) is 1.05. The molecule has 1 aromatic carbocycles. The van der Waals surface area contributed by atoms with Gasteiger partial charge in [0.2, 0.25) is 0 Å². The lowest BCUT2D eigenvalue weighted by Crippen LogP contribution is -2.02. The second kappa shape index (κ2) is 5.09. The Morgan fingerprint density at radius 2 is 1.93 bits per heavy atom. The molecule has 0 aliphatic heterocycles. The Morgan fingerprint density at radius 1 is 1.40 bits per heavy atom. The van der Waals surface area contributed by atoms with E-state index in [0.717, 1.165) is 12.1 Å². The summed E-state index contributed by atoms with van der Waals surface area (Å²) in [4.78, 5) is 0. The summed E-state index contributed by atoms with van der Waals surface area (Å²) in [5, 5.41) is 8.83. The number of ether oxygens (including phenoxy) is 1. The number of hydrogen-bond acceptors (Lipinski definition) is 2. The van der Waals surface area contributed by atoms with Gasteiger partial charge in [0.15, 0.2) is 17.4 Å². The van der Waals surface area contributed by atoms with Crippen molar-refractivity contribution in [3.63, 3.8) is 0 Å². The van der Waals surface area contributed by atoms with E-state index >= 15 is 0 Å². The zero-order valence-electron chi connectivity index (χ0n) is 7.77. The average molecular weight is 235 g/mol. The van der Waals surface area contributed by atoms with Crippen molar-refractivity contribution in [3.8, 4) is 5.75 Å². The molecule has 0 aromatic heterocycles. The van der Waals surface area contributed by atoms with E-state index in [0.29, 0.717) is 0 Å². The Bertz CT molecular complexity index is 357. The Hall–Kier alpha value is -1.13. The Balaban J connectivity index is 2.92. The van der Waals surface area contributed by atoms with Crippen LogP contribution in [0.1, 0.15) is 5.56 Å². The average Bonchev–Trinajstić information content (AvgIpc) is 2.15. The quantitative estimate of drug-likeness (QED) is 0.868. The predicted octanol–water partition coefficient (Wildman–Crippen LogP) is 2.59. The van der Waals surface area contributed by atoms with Crippen LogP contribution in [-0.2, 0) is 6.61 Å². The van der Waals surface area contributed by atoms with Crippen molar-refractivity contribution < 1.29 is 18.6 Å². The standard InChI is InChI=1S/C10H9ClF2O2/c1-6(11)5-15-10-8(12)2-7(4-14)3-9(10)13/h2-3,14H,1,4-5H2. The van der Waals surface area contributed by atoms with E-state index in [-0.39, 0.29) is 17.2 Å². The highest BCUT2D eigenvalue weighted by Crippen LogP contribution is 2.23. The minimum Gasteiger partial charge on any atom is -0.482 e. The highest BCUT2D eigenvalue weighted by molar-refractivity contribution is 6.29. The molecule has 0 unspecified atom stereocenters. The van der Waals surface area contributed by atoms with Gasteiger partial charge in [-0.15, -0.1) is 0 Å². The van der Waals surface area contributed by atoms with Gasteiger partial charge < -0.3 is 9.84 Å². The van der Waals surface area contributed by atoms with Crippen LogP contribution in [0.15, 0.2) is 23.7 Å². The van der Waals surface area contributed by atoms with Gasteiger partial charge in [-0.05, 0) is 17.7 Å². The van der Waals surface area contributed by atoms with Gasteiger partial charge in [-0.25, -0.2) is 8.78 Å². The number of benzene rings is 1. The van der Waals surface area contributed by atoms with Gasteiger partial charge in [0, 0.05) is 5.03 Å². The van der Waals surface area contributed by atoms with Gasteiger partial charge in [-0.3, -0.25) is 0 Å². The monoisotopic (exact) mass is 234 g/mol. The molecule has 0 fully saturated rings. The van der Waals surface area contributed by atoms with Crippen molar-refractivity contribution in [2.45, 2.75) is 6.61 Å². The van der Waals surface area contributed by atoms with Crippen LogP contribution in [0.3, 0.4) is 0 Å². The summed E-state index contributed by atoms with van der Waals surface area (Å²) in [5.41, 5.74) is 0.141. The second-order valence-electron chi connectivity index (χ2n) is 2.85. The molecule has 82 valence electrons. The molecule has 0 bridgehead atoms. The highest BCUT2D eigenvalue weighted by Gasteiger charge is 2.12. The van der Waals surface area contributed by atoms with Crippen molar-refractivity contribution in [3.05, 3.63) is 40.9 Å². The molecule has 0 atom stereocenters. The molecular formula is C10H9ClF2O2. The van der Waals surface area contributed by atoms with Crippen LogP contribution in [0.4, 0.5) is 8.78 Å². The maximum absolute atomic E-state index is 13.2.